The molecule has 1 aliphatic rings. The molecule has 0 aliphatic heterocycles. The van der Waals surface area contributed by atoms with Gasteiger partial charge >= 0.3 is 0 Å². The Kier molecular flexibility index (Phi) is 3.57. The van der Waals surface area contributed by atoms with Gasteiger partial charge in [-0.1, -0.05) is 37.1 Å². The first kappa shape index (κ1) is 14.3. The van der Waals surface area contributed by atoms with Gasteiger partial charge in [-0.2, -0.15) is 4.98 Å². The Morgan fingerprint density at radius 1 is 1.33 bits per heavy atom. The third-order valence-corrected chi connectivity index (χ3v) is 4.74. The minimum atomic E-state index is -0.433. The van der Waals surface area contributed by atoms with Crippen LogP contribution < -0.4 is 5.73 Å². The maximum atomic E-state index is 6.55. The fourth-order valence-corrected chi connectivity index (χ4v) is 3.31. The van der Waals surface area contributed by atoms with Gasteiger partial charge in [0.05, 0.1) is 5.54 Å². The summed E-state index contributed by atoms with van der Waals surface area (Å²) in [6.45, 7) is 6.41. The van der Waals surface area contributed by atoms with Crippen LogP contribution in [0, 0.1) is 19.8 Å². The summed E-state index contributed by atoms with van der Waals surface area (Å²) in [4.78, 5) is 4.61. The molecule has 21 heavy (non-hydrogen) atoms. The third-order valence-electron chi connectivity index (χ3n) is 4.74. The van der Waals surface area contributed by atoms with Crippen LogP contribution in [0.1, 0.15) is 49.6 Å². The van der Waals surface area contributed by atoms with Crippen LogP contribution in [-0.2, 0) is 5.54 Å². The van der Waals surface area contributed by atoms with E-state index in [-0.39, 0.29) is 0 Å². The average molecular weight is 285 g/mol. The summed E-state index contributed by atoms with van der Waals surface area (Å²) < 4.78 is 5.50. The fraction of sp³-hybridized carbons (Fsp3) is 0.529. The first-order valence-electron chi connectivity index (χ1n) is 7.69. The maximum absolute atomic E-state index is 6.55. The SMILES string of the molecule is Cc1cccc(-c2nc(C3(N)CCCC(C)C3)no2)c1C. The molecule has 0 spiro atoms. The van der Waals surface area contributed by atoms with E-state index < -0.39 is 5.54 Å². The predicted molar refractivity (Wildman–Crippen MR) is 82.7 cm³/mol. The summed E-state index contributed by atoms with van der Waals surface area (Å²) in [6, 6.07) is 6.12. The molecule has 112 valence electrons. The largest absolute Gasteiger partial charge is 0.334 e. The standard InChI is InChI=1S/C17H23N3O/c1-11-6-5-9-17(18,10-11)16-19-15(21-20-16)14-8-4-7-12(2)13(14)3/h4,7-8,11H,5-6,9-10,18H2,1-3H3. The highest BCUT2D eigenvalue weighted by atomic mass is 16.5. The Balaban J connectivity index is 1.95. The fourth-order valence-electron chi connectivity index (χ4n) is 3.31. The zero-order valence-corrected chi connectivity index (χ0v) is 13.0. The van der Waals surface area contributed by atoms with Gasteiger partial charge < -0.3 is 10.3 Å². The van der Waals surface area contributed by atoms with Crippen molar-refractivity contribution in [2.75, 3.05) is 0 Å². The lowest BCUT2D eigenvalue weighted by Crippen LogP contribution is -2.42. The van der Waals surface area contributed by atoms with Crippen LogP contribution in [0.2, 0.25) is 0 Å². The number of hydrogen-bond acceptors (Lipinski definition) is 4. The molecule has 0 saturated heterocycles. The minimum absolute atomic E-state index is 0.433. The minimum Gasteiger partial charge on any atom is -0.334 e. The second kappa shape index (κ2) is 5.26. The van der Waals surface area contributed by atoms with Gasteiger partial charge in [-0.15, -0.1) is 0 Å². The van der Waals surface area contributed by atoms with Gasteiger partial charge in [-0.05, 0) is 49.8 Å². The van der Waals surface area contributed by atoms with Crippen LogP contribution in [0.3, 0.4) is 0 Å². The van der Waals surface area contributed by atoms with E-state index in [4.69, 9.17) is 10.3 Å². The summed E-state index contributed by atoms with van der Waals surface area (Å²) in [5.74, 6) is 1.85. The quantitative estimate of drug-likeness (QED) is 0.913. The summed E-state index contributed by atoms with van der Waals surface area (Å²) in [5, 5.41) is 4.18. The molecule has 3 rings (SSSR count). The van der Waals surface area contributed by atoms with Gasteiger partial charge in [0.2, 0.25) is 0 Å². The molecular weight excluding hydrogens is 262 g/mol. The van der Waals surface area contributed by atoms with Gasteiger partial charge in [0.25, 0.3) is 5.89 Å². The van der Waals surface area contributed by atoms with E-state index in [1.807, 2.05) is 12.1 Å². The molecule has 4 heteroatoms. The van der Waals surface area contributed by atoms with Crippen molar-refractivity contribution in [2.24, 2.45) is 11.7 Å². The summed E-state index contributed by atoms with van der Waals surface area (Å²) in [6.07, 6.45) is 4.23. The van der Waals surface area contributed by atoms with Gasteiger partial charge in [0.15, 0.2) is 5.82 Å². The Bertz CT molecular complexity index is 649. The van der Waals surface area contributed by atoms with Crippen LogP contribution in [0.15, 0.2) is 22.7 Å². The van der Waals surface area contributed by atoms with Crippen LogP contribution in [0.4, 0.5) is 0 Å². The lowest BCUT2D eigenvalue weighted by Gasteiger charge is -2.33. The molecule has 1 aliphatic carbocycles. The highest BCUT2D eigenvalue weighted by Gasteiger charge is 2.37. The van der Waals surface area contributed by atoms with Gasteiger partial charge in [0.1, 0.15) is 0 Å². The normalized spacial score (nSPS) is 26.0. The van der Waals surface area contributed by atoms with E-state index >= 15 is 0 Å². The smallest absolute Gasteiger partial charge is 0.258 e. The number of nitrogens with zero attached hydrogens (tertiary/aromatic N) is 2. The number of benzene rings is 1. The van der Waals surface area contributed by atoms with Crippen molar-refractivity contribution >= 4 is 0 Å². The monoisotopic (exact) mass is 285 g/mol. The summed E-state index contributed by atoms with van der Waals surface area (Å²) >= 11 is 0. The van der Waals surface area contributed by atoms with E-state index in [0.717, 1.165) is 24.8 Å². The van der Waals surface area contributed by atoms with Crippen LogP contribution >= 0.6 is 0 Å². The van der Waals surface area contributed by atoms with E-state index in [1.54, 1.807) is 0 Å². The van der Waals surface area contributed by atoms with E-state index in [1.165, 1.54) is 17.5 Å². The molecule has 1 saturated carbocycles. The first-order valence-corrected chi connectivity index (χ1v) is 7.69. The Morgan fingerprint density at radius 3 is 2.90 bits per heavy atom. The van der Waals surface area contributed by atoms with Crippen LogP contribution in [-0.4, -0.2) is 10.1 Å². The topological polar surface area (TPSA) is 64.9 Å². The van der Waals surface area contributed by atoms with Crippen molar-refractivity contribution in [3.05, 3.63) is 35.2 Å². The number of hydrogen-bond donors (Lipinski definition) is 1. The molecule has 0 radical (unpaired) electrons. The summed E-state index contributed by atoms with van der Waals surface area (Å²) in [7, 11) is 0. The number of nitrogens with two attached hydrogens (primary N) is 1. The molecule has 1 heterocycles. The molecule has 0 amide bonds. The van der Waals surface area contributed by atoms with Crippen molar-refractivity contribution in [3.63, 3.8) is 0 Å². The number of aryl methyl sites for hydroxylation is 1. The van der Waals surface area contributed by atoms with E-state index in [9.17, 15) is 0 Å². The zero-order valence-electron chi connectivity index (χ0n) is 13.0. The summed E-state index contributed by atoms with van der Waals surface area (Å²) in [5.41, 5.74) is 9.51. The second-order valence-corrected chi connectivity index (χ2v) is 6.53. The molecule has 1 fully saturated rings. The Morgan fingerprint density at radius 2 is 2.14 bits per heavy atom. The van der Waals surface area contributed by atoms with Crippen molar-refractivity contribution in [1.82, 2.24) is 10.1 Å². The zero-order chi connectivity index (χ0) is 15.0. The molecule has 4 nitrogen and oxygen atoms in total. The van der Waals surface area contributed by atoms with Crippen LogP contribution in [0.5, 0.6) is 0 Å². The number of aromatic nitrogens is 2. The maximum Gasteiger partial charge on any atom is 0.258 e. The van der Waals surface area contributed by atoms with Crippen molar-refractivity contribution in [1.29, 1.82) is 0 Å². The highest BCUT2D eigenvalue weighted by molar-refractivity contribution is 5.60. The van der Waals surface area contributed by atoms with E-state index in [0.29, 0.717) is 17.6 Å². The molecule has 0 bridgehead atoms. The molecule has 1 aromatic heterocycles. The average Bonchev–Trinajstić information content (AvgIpc) is 2.92. The predicted octanol–water partition coefficient (Wildman–Crippen LogP) is 3.72. The van der Waals surface area contributed by atoms with E-state index in [2.05, 4.69) is 37.0 Å². The van der Waals surface area contributed by atoms with Crippen molar-refractivity contribution in [2.45, 2.75) is 52.0 Å². The lowest BCUT2D eigenvalue weighted by atomic mass is 9.76. The molecule has 1 aromatic carbocycles. The number of rotatable bonds is 2. The Hall–Kier alpha value is -1.68. The van der Waals surface area contributed by atoms with Crippen LogP contribution in [0.25, 0.3) is 11.5 Å². The first-order chi connectivity index (χ1) is 9.99. The van der Waals surface area contributed by atoms with Gasteiger partial charge in [-0.25, -0.2) is 0 Å². The lowest BCUT2D eigenvalue weighted by molar-refractivity contribution is 0.222. The van der Waals surface area contributed by atoms with Gasteiger partial charge in [0, 0.05) is 5.56 Å². The molecular formula is C17H23N3O. The second-order valence-electron chi connectivity index (χ2n) is 6.53. The Labute approximate surface area is 125 Å². The third kappa shape index (κ3) is 2.60. The molecule has 2 atom stereocenters. The molecule has 2 aromatic rings. The van der Waals surface area contributed by atoms with Gasteiger partial charge in [-0.3, -0.25) is 0 Å². The van der Waals surface area contributed by atoms with Crippen molar-refractivity contribution < 1.29 is 4.52 Å². The molecule has 2 unspecified atom stereocenters. The molecule has 2 N–H and O–H groups in total. The van der Waals surface area contributed by atoms with Crippen molar-refractivity contribution in [3.8, 4) is 11.5 Å². The highest BCUT2D eigenvalue weighted by Crippen LogP contribution is 2.37.